The first-order valence-corrected chi connectivity index (χ1v) is 7.15. The molecule has 2 heterocycles. The molecule has 0 radical (unpaired) electrons. The Labute approximate surface area is 115 Å². The highest BCUT2D eigenvalue weighted by Gasteiger charge is 2.11. The van der Waals surface area contributed by atoms with Crippen molar-refractivity contribution in [1.29, 1.82) is 0 Å². The molecule has 2 rings (SSSR count). The van der Waals surface area contributed by atoms with Crippen molar-refractivity contribution in [2.45, 2.75) is 26.8 Å². The van der Waals surface area contributed by atoms with E-state index in [1.807, 2.05) is 0 Å². The minimum atomic E-state index is -0.144. The molecule has 0 spiro atoms. The first kappa shape index (κ1) is 14.1. The van der Waals surface area contributed by atoms with Crippen LogP contribution in [-0.2, 0) is 6.54 Å². The SMILES string of the molecule is CCCN(CCO)Cc1nn2c(=O)cc(C)nc2s1. The fourth-order valence-corrected chi connectivity index (χ4v) is 2.93. The highest BCUT2D eigenvalue weighted by Crippen LogP contribution is 2.13. The second-order valence-corrected chi connectivity index (χ2v) is 5.47. The predicted molar refractivity (Wildman–Crippen MR) is 74.5 cm³/mol. The molecule has 0 bridgehead atoms. The number of aliphatic hydroxyl groups is 1. The number of fused-ring (bicyclic) bond motifs is 1. The molecular weight excluding hydrogens is 264 g/mol. The van der Waals surface area contributed by atoms with Crippen LogP contribution >= 0.6 is 11.3 Å². The summed E-state index contributed by atoms with van der Waals surface area (Å²) in [5, 5.41) is 14.2. The average Bonchev–Trinajstić information content (AvgIpc) is 2.72. The zero-order valence-electron chi connectivity index (χ0n) is 11.2. The highest BCUT2D eigenvalue weighted by molar-refractivity contribution is 7.16. The summed E-state index contributed by atoms with van der Waals surface area (Å²) < 4.78 is 1.34. The number of aliphatic hydroxyl groups excluding tert-OH is 1. The van der Waals surface area contributed by atoms with Gasteiger partial charge in [0.05, 0.1) is 13.2 Å². The Morgan fingerprint density at radius 3 is 2.95 bits per heavy atom. The molecule has 0 saturated carbocycles. The van der Waals surface area contributed by atoms with Gasteiger partial charge in [-0.05, 0) is 19.9 Å². The Bertz CT molecular complexity index is 601. The second kappa shape index (κ2) is 6.23. The summed E-state index contributed by atoms with van der Waals surface area (Å²) in [6.45, 7) is 6.18. The van der Waals surface area contributed by atoms with Crippen molar-refractivity contribution in [2.24, 2.45) is 0 Å². The zero-order chi connectivity index (χ0) is 13.8. The minimum absolute atomic E-state index is 0.127. The Kier molecular flexibility index (Phi) is 4.62. The van der Waals surface area contributed by atoms with Crippen molar-refractivity contribution < 1.29 is 5.11 Å². The maximum atomic E-state index is 11.8. The standard InChI is InChI=1S/C12H18N4O2S/c1-3-4-15(5-6-17)8-10-14-16-11(18)7-9(2)13-12(16)19-10/h7,17H,3-6,8H2,1-2H3. The van der Waals surface area contributed by atoms with Crippen LogP contribution in [0.5, 0.6) is 0 Å². The van der Waals surface area contributed by atoms with Crippen molar-refractivity contribution >= 4 is 16.3 Å². The third-order valence-corrected chi connectivity index (χ3v) is 3.62. The molecule has 0 fully saturated rings. The lowest BCUT2D eigenvalue weighted by Crippen LogP contribution is -2.27. The van der Waals surface area contributed by atoms with Gasteiger partial charge in [-0.15, -0.1) is 0 Å². The van der Waals surface area contributed by atoms with E-state index in [-0.39, 0.29) is 12.2 Å². The molecule has 6 nitrogen and oxygen atoms in total. The fourth-order valence-electron chi connectivity index (χ4n) is 1.94. The maximum Gasteiger partial charge on any atom is 0.275 e. The Morgan fingerprint density at radius 1 is 1.47 bits per heavy atom. The molecule has 0 amide bonds. The highest BCUT2D eigenvalue weighted by atomic mass is 32.1. The third-order valence-electron chi connectivity index (χ3n) is 2.73. The van der Waals surface area contributed by atoms with Crippen molar-refractivity contribution in [3.63, 3.8) is 0 Å². The van der Waals surface area contributed by atoms with Crippen LogP contribution < -0.4 is 5.56 Å². The van der Waals surface area contributed by atoms with Gasteiger partial charge in [0.25, 0.3) is 5.56 Å². The molecule has 0 aliphatic rings. The summed E-state index contributed by atoms with van der Waals surface area (Å²) in [6, 6.07) is 1.48. The van der Waals surface area contributed by atoms with Crippen LogP contribution in [0.15, 0.2) is 10.9 Å². The molecule has 19 heavy (non-hydrogen) atoms. The second-order valence-electron chi connectivity index (χ2n) is 4.43. The van der Waals surface area contributed by atoms with Crippen molar-refractivity contribution in [3.8, 4) is 0 Å². The van der Waals surface area contributed by atoms with Crippen LogP contribution in [-0.4, -0.2) is 44.3 Å². The number of aryl methyl sites for hydroxylation is 1. The van der Waals surface area contributed by atoms with Crippen LogP contribution in [0.2, 0.25) is 0 Å². The van der Waals surface area contributed by atoms with E-state index < -0.39 is 0 Å². The number of aromatic nitrogens is 3. The van der Waals surface area contributed by atoms with E-state index in [1.54, 1.807) is 6.92 Å². The number of rotatable bonds is 6. The first-order chi connectivity index (χ1) is 9.13. The van der Waals surface area contributed by atoms with E-state index in [9.17, 15) is 4.79 Å². The number of hydrogen-bond acceptors (Lipinski definition) is 6. The molecule has 1 N–H and O–H groups in total. The van der Waals surface area contributed by atoms with Gasteiger partial charge in [-0.3, -0.25) is 9.69 Å². The van der Waals surface area contributed by atoms with E-state index in [0.717, 1.165) is 18.0 Å². The molecule has 2 aromatic heterocycles. The van der Waals surface area contributed by atoms with Crippen LogP contribution in [0.4, 0.5) is 0 Å². The van der Waals surface area contributed by atoms with E-state index in [2.05, 4.69) is 21.9 Å². The summed E-state index contributed by atoms with van der Waals surface area (Å²) in [6.07, 6.45) is 1.02. The molecule has 0 aromatic carbocycles. The van der Waals surface area contributed by atoms with Crippen LogP contribution in [0.3, 0.4) is 0 Å². The number of nitrogens with zero attached hydrogens (tertiary/aromatic N) is 4. The summed E-state index contributed by atoms with van der Waals surface area (Å²) in [5.41, 5.74) is 0.565. The zero-order valence-corrected chi connectivity index (χ0v) is 12.0. The maximum absolute atomic E-state index is 11.8. The fraction of sp³-hybridized carbons (Fsp3) is 0.583. The normalized spacial score (nSPS) is 11.6. The summed E-state index contributed by atoms with van der Waals surface area (Å²) in [7, 11) is 0. The lowest BCUT2D eigenvalue weighted by molar-refractivity contribution is 0.190. The van der Waals surface area contributed by atoms with Crippen LogP contribution in [0, 0.1) is 6.92 Å². The monoisotopic (exact) mass is 282 g/mol. The molecule has 7 heteroatoms. The van der Waals surface area contributed by atoms with E-state index in [0.29, 0.717) is 23.7 Å². The Balaban J connectivity index is 2.25. The van der Waals surface area contributed by atoms with Gasteiger partial charge >= 0.3 is 0 Å². The lowest BCUT2D eigenvalue weighted by Gasteiger charge is -2.18. The van der Waals surface area contributed by atoms with Gasteiger partial charge in [-0.1, -0.05) is 18.3 Å². The van der Waals surface area contributed by atoms with E-state index >= 15 is 0 Å². The van der Waals surface area contributed by atoms with Gasteiger partial charge in [0.15, 0.2) is 0 Å². The smallest absolute Gasteiger partial charge is 0.275 e. The van der Waals surface area contributed by atoms with Gasteiger partial charge in [0, 0.05) is 18.3 Å². The molecule has 0 aliphatic heterocycles. The number of hydrogen-bond donors (Lipinski definition) is 1. The molecular formula is C12H18N4O2S. The molecule has 0 saturated heterocycles. The minimum Gasteiger partial charge on any atom is -0.395 e. The Morgan fingerprint density at radius 2 is 2.26 bits per heavy atom. The quantitative estimate of drug-likeness (QED) is 0.843. The molecule has 0 unspecified atom stereocenters. The van der Waals surface area contributed by atoms with Crippen molar-refractivity contribution in [1.82, 2.24) is 19.5 Å². The van der Waals surface area contributed by atoms with Gasteiger partial charge < -0.3 is 5.11 Å². The average molecular weight is 282 g/mol. The van der Waals surface area contributed by atoms with Crippen LogP contribution in [0.25, 0.3) is 4.96 Å². The largest absolute Gasteiger partial charge is 0.395 e. The summed E-state index contributed by atoms with van der Waals surface area (Å²) in [5.74, 6) is 0. The van der Waals surface area contributed by atoms with E-state index in [4.69, 9.17) is 5.11 Å². The summed E-state index contributed by atoms with van der Waals surface area (Å²) in [4.78, 5) is 18.8. The van der Waals surface area contributed by atoms with Gasteiger partial charge in [0.2, 0.25) is 4.96 Å². The van der Waals surface area contributed by atoms with Crippen molar-refractivity contribution in [3.05, 3.63) is 27.1 Å². The van der Waals surface area contributed by atoms with Crippen LogP contribution in [0.1, 0.15) is 24.0 Å². The van der Waals surface area contributed by atoms with Gasteiger partial charge in [0.1, 0.15) is 5.01 Å². The molecule has 104 valence electrons. The van der Waals surface area contributed by atoms with Crippen molar-refractivity contribution in [2.75, 3.05) is 19.7 Å². The molecule has 0 atom stereocenters. The topological polar surface area (TPSA) is 70.7 Å². The predicted octanol–water partition coefficient (Wildman–Crippen LogP) is 0.664. The first-order valence-electron chi connectivity index (χ1n) is 6.33. The molecule has 0 aliphatic carbocycles. The lowest BCUT2D eigenvalue weighted by atomic mass is 10.4. The Hall–Kier alpha value is -1.31. The summed E-state index contributed by atoms with van der Waals surface area (Å²) >= 11 is 1.42. The third kappa shape index (κ3) is 3.37. The van der Waals surface area contributed by atoms with Gasteiger partial charge in [-0.25, -0.2) is 4.98 Å². The van der Waals surface area contributed by atoms with E-state index in [1.165, 1.54) is 21.9 Å². The molecule has 2 aromatic rings. The van der Waals surface area contributed by atoms with Gasteiger partial charge in [-0.2, -0.15) is 9.61 Å².